The summed E-state index contributed by atoms with van der Waals surface area (Å²) < 4.78 is 0. The lowest BCUT2D eigenvalue weighted by Gasteiger charge is -2.42. The highest BCUT2D eigenvalue weighted by Gasteiger charge is 2.29. The molecule has 18 heavy (non-hydrogen) atoms. The van der Waals surface area contributed by atoms with Crippen LogP contribution in [0, 0.1) is 5.92 Å². The summed E-state index contributed by atoms with van der Waals surface area (Å²) >= 11 is 0. The Bertz CT molecular complexity index is 275. The van der Waals surface area contributed by atoms with Crippen molar-refractivity contribution in [2.75, 3.05) is 26.2 Å². The number of hydrogen-bond acceptors (Lipinski definition) is 3. The molecule has 2 N–H and O–H groups in total. The van der Waals surface area contributed by atoms with Gasteiger partial charge >= 0.3 is 0 Å². The van der Waals surface area contributed by atoms with Crippen molar-refractivity contribution in [3.8, 4) is 0 Å². The third kappa shape index (κ3) is 4.25. The van der Waals surface area contributed by atoms with E-state index in [1.807, 2.05) is 4.90 Å². The number of hydrogen-bond donors (Lipinski definition) is 1. The van der Waals surface area contributed by atoms with Crippen LogP contribution in [0.1, 0.15) is 41.0 Å². The predicted molar refractivity (Wildman–Crippen MR) is 75.3 cm³/mol. The Kier molecular flexibility index (Phi) is 5.17. The monoisotopic (exact) mass is 255 g/mol. The molecule has 1 aliphatic rings. The van der Waals surface area contributed by atoms with Gasteiger partial charge in [0.15, 0.2) is 0 Å². The fourth-order valence-corrected chi connectivity index (χ4v) is 2.44. The number of piperazine rings is 1. The molecule has 0 aromatic carbocycles. The molecule has 106 valence electrons. The van der Waals surface area contributed by atoms with Crippen LogP contribution in [0.3, 0.4) is 0 Å². The van der Waals surface area contributed by atoms with E-state index in [4.69, 9.17) is 5.73 Å². The number of carbonyl (C=O) groups is 1. The Morgan fingerprint density at radius 3 is 2.06 bits per heavy atom. The van der Waals surface area contributed by atoms with Crippen molar-refractivity contribution in [2.45, 2.75) is 52.6 Å². The molecule has 0 aromatic heterocycles. The van der Waals surface area contributed by atoms with Crippen LogP contribution < -0.4 is 5.73 Å². The lowest BCUT2D eigenvalue weighted by molar-refractivity contribution is -0.135. The normalized spacial score (nSPS) is 20.3. The molecular weight excluding hydrogens is 226 g/mol. The lowest BCUT2D eigenvalue weighted by atomic mass is 10.0. The highest BCUT2D eigenvalue weighted by molar-refractivity contribution is 5.81. The first-order chi connectivity index (χ1) is 8.21. The second-order valence-electron chi connectivity index (χ2n) is 6.72. The van der Waals surface area contributed by atoms with Crippen molar-refractivity contribution in [1.29, 1.82) is 0 Å². The van der Waals surface area contributed by atoms with E-state index in [1.165, 1.54) is 0 Å². The number of nitrogens with zero attached hydrogens (tertiary/aromatic N) is 2. The maximum atomic E-state index is 12.2. The number of nitrogens with two attached hydrogens (primary N) is 1. The van der Waals surface area contributed by atoms with E-state index in [1.54, 1.807) is 0 Å². The van der Waals surface area contributed by atoms with Crippen LogP contribution in [-0.4, -0.2) is 53.5 Å². The van der Waals surface area contributed by atoms with Gasteiger partial charge in [0.2, 0.25) is 5.91 Å². The Labute approximate surface area is 111 Å². The summed E-state index contributed by atoms with van der Waals surface area (Å²) in [6.07, 6.45) is 0.776. The molecule has 1 heterocycles. The predicted octanol–water partition coefficient (Wildman–Crippen LogP) is 1.30. The van der Waals surface area contributed by atoms with Crippen LogP contribution in [0.25, 0.3) is 0 Å². The zero-order valence-electron chi connectivity index (χ0n) is 12.6. The first-order valence-corrected chi connectivity index (χ1v) is 7.01. The largest absolute Gasteiger partial charge is 0.339 e. The van der Waals surface area contributed by atoms with Gasteiger partial charge in [-0.05, 0) is 33.1 Å². The molecule has 1 amide bonds. The highest BCUT2D eigenvalue weighted by Crippen LogP contribution is 2.16. The average molecular weight is 255 g/mol. The van der Waals surface area contributed by atoms with E-state index in [-0.39, 0.29) is 17.5 Å². The van der Waals surface area contributed by atoms with Crippen molar-refractivity contribution in [3.63, 3.8) is 0 Å². The first-order valence-electron chi connectivity index (χ1n) is 7.01. The van der Waals surface area contributed by atoms with Crippen LogP contribution in [0.4, 0.5) is 0 Å². The molecule has 0 aliphatic carbocycles. The van der Waals surface area contributed by atoms with Crippen molar-refractivity contribution < 1.29 is 4.79 Å². The second-order valence-corrected chi connectivity index (χ2v) is 6.72. The summed E-state index contributed by atoms with van der Waals surface area (Å²) in [6, 6.07) is -0.328. The summed E-state index contributed by atoms with van der Waals surface area (Å²) in [5.41, 5.74) is 6.15. The van der Waals surface area contributed by atoms with Crippen molar-refractivity contribution in [3.05, 3.63) is 0 Å². The van der Waals surface area contributed by atoms with Crippen LogP contribution in [-0.2, 0) is 4.79 Å². The van der Waals surface area contributed by atoms with E-state index in [2.05, 4.69) is 39.5 Å². The molecule has 1 saturated heterocycles. The fourth-order valence-electron chi connectivity index (χ4n) is 2.44. The Hall–Kier alpha value is -0.610. The van der Waals surface area contributed by atoms with Gasteiger partial charge in [-0.1, -0.05) is 13.8 Å². The molecule has 0 spiro atoms. The summed E-state index contributed by atoms with van der Waals surface area (Å²) in [6.45, 7) is 14.4. The first kappa shape index (κ1) is 15.4. The maximum Gasteiger partial charge on any atom is 0.239 e. The molecule has 0 radical (unpaired) electrons. The van der Waals surface area contributed by atoms with Crippen molar-refractivity contribution >= 4 is 5.91 Å². The van der Waals surface area contributed by atoms with Gasteiger partial charge in [0.25, 0.3) is 0 Å². The van der Waals surface area contributed by atoms with E-state index in [9.17, 15) is 4.79 Å². The highest BCUT2D eigenvalue weighted by atomic mass is 16.2. The molecule has 1 rings (SSSR count). The average Bonchev–Trinajstić information content (AvgIpc) is 2.26. The SMILES string of the molecule is CC(C)C[C@@H](N)C(=O)N1CCN(C(C)(C)C)CC1. The third-order valence-corrected chi connectivity index (χ3v) is 3.58. The Morgan fingerprint density at radius 2 is 1.67 bits per heavy atom. The van der Waals surface area contributed by atoms with Gasteiger partial charge in [-0.25, -0.2) is 0 Å². The van der Waals surface area contributed by atoms with Gasteiger partial charge in [0, 0.05) is 31.7 Å². The number of carbonyl (C=O) groups excluding carboxylic acids is 1. The molecule has 0 saturated carbocycles. The molecular formula is C14H29N3O. The minimum atomic E-state index is -0.328. The minimum absolute atomic E-state index is 0.122. The molecule has 4 heteroatoms. The molecule has 0 unspecified atom stereocenters. The zero-order valence-corrected chi connectivity index (χ0v) is 12.6. The van der Waals surface area contributed by atoms with Gasteiger partial charge in [-0.15, -0.1) is 0 Å². The topological polar surface area (TPSA) is 49.6 Å². The second kappa shape index (κ2) is 6.02. The molecule has 0 aromatic rings. The van der Waals surface area contributed by atoms with Crippen molar-refractivity contribution in [1.82, 2.24) is 9.80 Å². The van der Waals surface area contributed by atoms with Gasteiger partial charge < -0.3 is 10.6 Å². The summed E-state index contributed by atoms with van der Waals surface area (Å²) in [4.78, 5) is 16.5. The van der Waals surface area contributed by atoms with Gasteiger partial charge in [0.05, 0.1) is 6.04 Å². The van der Waals surface area contributed by atoms with E-state index < -0.39 is 0 Å². The summed E-state index contributed by atoms with van der Waals surface area (Å²) in [7, 11) is 0. The van der Waals surface area contributed by atoms with Crippen molar-refractivity contribution in [2.24, 2.45) is 11.7 Å². The van der Waals surface area contributed by atoms with Crippen LogP contribution in [0.15, 0.2) is 0 Å². The zero-order chi connectivity index (χ0) is 13.9. The standard InChI is InChI=1S/C14H29N3O/c1-11(2)10-12(15)13(18)16-6-8-17(9-7-16)14(3,4)5/h11-12H,6-10,15H2,1-5H3/t12-/m1/s1. The smallest absolute Gasteiger partial charge is 0.239 e. The van der Waals surface area contributed by atoms with E-state index in [0.29, 0.717) is 5.92 Å². The number of rotatable bonds is 3. The van der Waals surface area contributed by atoms with Crippen LogP contribution in [0.2, 0.25) is 0 Å². The van der Waals surface area contributed by atoms with Gasteiger partial charge in [-0.2, -0.15) is 0 Å². The maximum absolute atomic E-state index is 12.2. The Balaban J connectivity index is 2.45. The molecule has 1 aliphatic heterocycles. The molecule has 4 nitrogen and oxygen atoms in total. The molecule has 1 fully saturated rings. The lowest BCUT2D eigenvalue weighted by Crippen LogP contribution is -2.57. The van der Waals surface area contributed by atoms with E-state index >= 15 is 0 Å². The van der Waals surface area contributed by atoms with E-state index in [0.717, 1.165) is 32.6 Å². The fraction of sp³-hybridized carbons (Fsp3) is 0.929. The quantitative estimate of drug-likeness (QED) is 0.827. The Morgan fingerprint density at radius 1 is 1.17 bits per heavy atom. The molecule has 1 atom stereocenters. The summed E-state index contributed by atoms with van der Waals surface area (Å²) in [5, 5.41) is 0. The number of amides is 1. The van der Waals surface area contributed by atoms with Gasteiger partial charge in [0.1, 0.15) is 0 Å². The third-order valence-electron chi connectivity index (χ3n) is 3.58. The minimum Gasteiger partial charge on any atom is -0.339 e. The summed E-state index contributed by atoms with van der Waals surface area (Å²) in [5.74, 6) is 0.595. The van der Waals surface area contributed by atoms with Gasteiger partial charge in [-0.3, -0.25) is 9.69 Å². The van der Waals surface area contributed by atoms with Crippen LogP contribution >= 0.6 is 0 Å². The molecule has 0 bridgehead atoms. The van der Waals surface area contributed by atoms with Crippen LogP contribution in [0.5, 0.6) is 0 Å².